The van der Waals surface area contributed by atoms with Crippen molar-refractivity contribution in [2.24, 2.45) is 28.0 Å². The highest BCUT2D eigenvalue weighted by atomic mass is 79.9. The number of rotatable bonds is 8. The Morgan fingerprint density at radius 2 is 1.46 bits per heavy atom. The van der Waals surface area contributed by atoms with Crippen LogP contribution in [0.2, 0.25) is 0 Å². The Labute approximate surface area is 318 Å². The summed E-state index contributed by atoms with van der Waals surface area (Å²) in [6, 6.07) is 17.2. The molecule has 3 aromatic carbocycles. The van der Waals surface area contributed by atoms with E-state index in [4.69, 9.17) is 32.7 Å². The fourth-order valence-corrected chi connectivity index (χ4v) is 9.49. The molecule has 270 valence electrons. The van der Waals surface area contributed by atoms with Gasteiger partial charge in [-0.25, -0.2) is 0 Å². The van der Waals surface area contributed by atoms with Crippen molar-refractivity contribution in [2.75, 3.05) is 43.6 Å². The summed E-state index contributed by atoms with van der Waals surface area (Å²) in [7, 11) is 6.63. The Kier molecular flexibility index (Phi) is 9.11. The summed E-state index contributed by atoms with van der Waals surface area (Å²) in [5.74, 6) is -5.85. The zero-order valence-electron chi connectivity index (χ0n) is 28.5. The van der Waals surface area contributed by atoms with Gasteiger partial charge in [-0.05, 0) is 85.0 Å². The number of fused-ring (bicyclic) bond motifs is 4. The molecule has 2 aliphatic heterocycles. The third-order valence-electron chi connectivity index (χ3n) is 10.6. The highest BCUT2D eigenvalue weighted by molar-refractivity contribution is 9.09. The maximum atomic E-state index is 14.4. The lowest BCUT2D eigenvalue weighted by atomic mass is 9.56. The lowest BCUT2D eigenvalue weighted by molar-refractivity contribution is -0.138. The molecule has 4 aliphatic rings. The minimum atomic E-state index is -2.02. The Morgan fingerprint density at radius 3 is 2.00 bits per heavy atom. The topological polar surface area (TPSA) is 141 Å². The van der Waals surface area contributed by atoms with Crippen LogP contribution in [0.4, 0.5) is 22.7 Å². The van der Waals surface area contributed by atoms with Crippen molar-refractivity contribution in [1.29, 1.82) is 0 Å². The number of likely N-dealkylation sites (tertiary alicyclic amines) is 1. The van der Waals surface area contributed by atoms with E-state index in [1.54, 1.807) is 24.3 Å². The quantitative estimate of drug-likeness (QED) is 0.0861. The molecule has 15 heteroatoms. The van der Waals surface area contributed by atoms with Crippen molar-refractivity contribution in [3.05, 3.63) is 77.9 Å². The van der Waals surface area contributed by atoms with E-state index in [0.717, 1.165) is 10.6 Å². The molecule has 0 radical (unpaired) electrons. The predicted molar refractivity (Wildman–Crippen MR) is 198 cm³/mol. The molecule has 2 heterocycles. The number of phenolic OH excluding ortho intramolecular Hbond substituents is 1. The van der Waals surface area contributed by atoms with Crippen molar-refractivity contribution >= 4 is 85.5 Å². The number of anilines is 2. The lowest BCUT2D eigenvalue weighted by Gasteiger charge is -2.50. The van der Waals surface area contributed by atoms with Gasteiger partial charge >= 0.3 is 0 Å². The van der Waals surface area contributed by atoms with E-state index in [-0.39, 0.29) is 41.5 Å². The number of carbonyl (C=O) groups is 4. The van der Waals surface area contributed by atoms with Gasteiger partial charge in [0.25, 0.3) is 11.8 Å². The van der Waals surface area contributed by atoms with E-state index in [1.807, 2.05) is 49.3 Å². The number of aromatic hydroxyl groups is 1. The summed E-state index contributed by atoms with van der Waals surface area (Å²) in [5.41, 5.74) is 3.42. The predicted octanol–water partition coefficient (Wildman–Crippen LogP) is 6.81. The molecule has 7 rings (SSSR count). The number of methoxy groups -OCH3 is 2. The van der Waals surface area contributed by atoms with Crippen LogP contribution in [-0.2, 0) is 19.2 Å². The van der Waals surface area contributed by atoms with Gasteiger partial charge in [0.2, 0.25) is 17.6 Å². The van der Waals surface area contributed by atoms with E-state index in [1.165, 1.54) is 31.3 Å². The minimum absolute atomic E-state index is 0.0452. The van der Waals surface area contributed by atoms with Crippen LogP contribution in [-0.4, -0.2) is 77.2 Å². The number of imide groups is 2. The molecule has 0 spiro atoms. The number of alkyl halides is 3. The van der Waals surface area contributed by atoms with E-state index >= 15 is 0 Å². The van der Waals surface area contributed by atoms with E-state index in [9.17, 15) is 24.3 Å². The summed E-state index contributed by atoms with van der Waals surface area (Å²) >= 11 is 17.9. The molecule has 6 atom stereocenters. The molecule has 3 fully saturated rings. The molecule has 3 aromatic rings. The monoisotopic (exact) mass is 809 g/mol. The maximum Gasteiger partial charge on any atom is 0.254 e. The second-order valence-corrected chi connectivity index (χ2v) is 15.1. The van der Waals surface area contributed by atoms with Gasteiger partial charge in [0.1, 0.15) is 0 Å². The van der Waals surface area contributed by atoms with Gasteiger partial charge in [0.15, 0.2) is 21.2 Å². The van der Waals surface area contributed by atoms with Crippen molar-refractivity contribution < 1.29 is 33.8 Å². The van der Waals surface area contributed by atoms with Crippen LogP contribution in [0.3, 0.4) is 0 Å². The number of ether oxygens (including phenoxy) is 2. The second kappa shape index (κ2) is 13.2. The number of nitrogens with zero attached hydrogens (tertiary/aromatic N) is 5. The van der Waals surface area contributed by atoms with Crippen LogP contribution < -0.4 is 19.3 Å². The SMILES string of the molecule is COc1cc([C@H]2C3=CC[C@@H]4C(=O)N(c5ccc(N=Nc6ccc(N(C)C)cc6)cc5)C(=O)[C@@H]4[C@@H]3C[C@@]3(Cl)C(=O)N(CBr)C(=O)[C@@]23Cl)cc(OC)c1O. The number of halogens is 3. The van der Waals surface area contributed by atoms with Crippen molar-refractivity contribution in [1.82, 2.24) is 4.90 Å². The smallest absolute Gasteiger partial charge is 0.254 e. The number of hydrogen-bond acceptors (Lipinski definition) is 10. The molecule has 0 bridgehead atoms. The molecule has 2 saturated heterocycles. The fraction of sp³-hybridized carbons (Fsp3) is 0.351. The number of phenols is 1. The minimum Gasteiger partial charge on any atom is -0.502 e. The van der Waals surface area contributed by atoms with Crippen LogP contribution in [0.1, 0.15) is 24.3 Å². The fourth-order valence-electron chi connectivity index (χ4n) is 8.06. The molecule has 2 aliphatic carbocycles. The van der Waals surface area contributed by atoms with Crippen LogP contribution >= 0.6 is 39.1 Å². The number of benzene rings is 3. The normalized spacial score (nSPS) is 28.2. The molecule has 12 nitrogen and oxygen atoms in total. The number of hydrogen-bond donors (Lipinski definition) is 1. The molecular formula is C37H34BrCl2N5O7. The van der Waals surface area contributed by atoms with E-state index in [0.29, 0.717) is 28.2 Å². The number of amides is 4. The third kappa shape index (κ3) is 5.22. The first-order valence-corrected chi connectivity index (χ1v) is 18.3. The van der Waals surface area contributed by atoms with Crippen LogP contribution in [0.15, 0.2) is 82.5 Å². The van der Waals surface area contributed by atoms with Gasteiger partial charge in [0, 0.05) is 25.7 Å². The van der Waals surface area contributed by atoms with E-state index in [2.05, 4.69) is 26.2 Å². The van der Waals surface area contributed by atoms with Gasteiger partial charge in [-0.3, -0.25) is 29.0 Å². The Balaban J connectivity index is 1.25. The Hall–Kier alpha value is -4.46. The molecule has 0 aromatic heterocycles. The number of allylic oxidation sites excluding steroid dienone is 2. The molecule has 1 saturated carbocycles. The van der Waals surface area contributed by atoms with Crippen LogP contribution in [0, 0.1) is 17.8 Å². The zero-order valence-corrected chi connectivity index (χ0v) is 31.6. The highest BCUT2D eigenvalue weighted by Gasteiger charge is 2.76. The average Bonchev–Trinajstić information content (AvgIpc) is 3.48. The second-order valence-electron chi connectivity index (χ2n) is 13.4. The van der Waals surface area contributed by atoms with Gasteiger partial charge in [0.05, 0.1) is 48.6 Å². The van der Waals surface area contributed by atoms with Crippen LogP contribution in [0.5, 0.6) is 17.2 Å². The summed E-state index contributed by atoms with van der Waals surface area (Å²) < 4.78 is 10.8. The van der Waals surface area contributed by atoms with Crippen molar-refractivity contribution in [2.45, 2.75) is 28.5 Å². The first-order chi connectivity index (χ1) is 24.8. The molecule has 52 heavy (non-hydrogen) atoms. The molecule has 0 unspecified atom stereocenters. The average molecular weight is 812 g/mol. The summed E-state index contributed by atoms with van der Waals surface area (Å²) in [4.78, 5) is 56.6. The highest BCUT2D eigenvalue weighted by Crippen LogP contribution is 2.66. The Morgan fingerprint density at radius 1 is 0.885 bits per heavy atom. The zero-order chi connectivity index (χ0) is 37.3. The van der Waals surface area contributed by atoms with Gasteiger partial charge in [-0.1, -0.05) is 27.6 Å². The first-order valence-electron chi connectivity index (χ1n) is 16.4. The van der Waals surface area contributed by atoms with E-state index < -0.39 is 51.1 Å². The number of carbonyl (C=O) groups excluding carboxylic acids is 4. The largest absolute Gasteiger partial charge is 0.502 e. The molecule has 1 N–H and O–H groups in total. The van der Waals surface area contributed by atoms with Crippen molar-refractivity contribution in [3.63, 3.8) is 0 Å². The standard InChI is InChI=1S/C37H34BrCl2N5O7/c1-43(2)22-9-5-20(6-10-22)41-42-21-7-11-23(12-8-21)45-32(47)25-14-13-24-26(29(25)33(45)48)17-36(39)34(49)44(18-38)35(50)37(36,40)30(24)19-15-27(51-3)31(46)28(16-19)52-4/h5-13,15-16,25-26,29-30,46H,14,17-18H2,1-4H3/t25-,26+,29-,30-,36+,37-/m0/s1. The van der Waals surface area contributed by atoms with Gasteiger partial charge < -0.3 is 19.5 Å². The summed E-state index contributed by atoms with van der Waals surface area (Å²) in [6.45, 7) is 0. The molecule has 4 amide bonds. The lowest BCUT2D eigenvalue weighted by Crippen LogP contribution is -2.60. The number of azo groups is 1. The summed E-state index contributed by atoms with van der Waals surface area (Å²) in [6.07, 6.45) is 1.86. The van der Waals surface area contributed by atoms with Crippen molar-refractivity contribution in [3.8, 4) is 17.2 Å². The maximum absolute atomic E-state index is 14.4. The van der Waals surface area contributed by atoms with Gasteiger partial charge in [-0.15, -0.1) is 23.2 Å². The van der Waals surface area contributed by atoms with Crippen LogP contribution in [0.25, 0.3) is 0 Å². The molecular weight excluding hydrogens is 777 g/mol. The first kappa shape index (κ1) is 35.9. The Bertz CT molecular complexity index is 2030. The summed E-state index contributed by atoms with van der Waals surface area (Å²) in [5, 5.41) is 19.3. The van der Waals surface area contributed by atoms with Gasteiger partial charge in [-0.2, -0.15) is 10.2 Å². The third-order valence-corrected chi connectivity index (χ3v) is 12.5.